The highest BCUT2D eigenvalue weighted by atomic mass is 32.2. The average molecular weight is 205 g/mol. The maximum atomic E-state index is 11.3. The molecule has 4 heteroatoms. The molecule has 1 aliphatic heterocycles. The van der Waals surface area contributed by atoms with Crippen LogP contribution in [0.3, 0.4) is 0 Å². The Kier molecular flexibility index (Phi) is 4.35. The van der Waals surface area contributed by atoms with Gasteiger partial charge in [0, 0.05) is 32.6 Å². The molecule has 1 heterocycles. The van der Waals surface area contributed by atoms with Crippen LogP contribution in [-0.4, -0.2) is 41.1 Å². The SMILES string of the molecule is COCC1CCN(S(C)=O)C(C)C1. The molecular formula is C9H19NO2S. The van der Waals surface area contributed by atoms with Crippen molar-refractivity contribution in [1.82, 2.24) is 4.31 Å². The van der Waals surface area contributed by atoms with E-state index in [9.17, 15) is 4.21 Å². The van der Waals surface area contributed by atoms with E-state index >= 15 is 0 Å². The summed E-state index contributed by atoms with van der Waals surface area (Å²) in [5, 5.41) is 0. The standard InChI is InChI=1S/C9H19NO2S/c1-8-6-9(7-12-2)4-5-10(8)13(3)11/h8-9H,4-7H2,1-3H3. The van der Waals surface area contributed by atoms with Gasteiger partial charge in [0.1, 0.15) is 0 Å². The van der Waals surface area contributed by atoms with Crippen molar-refractivity contribution in [1.29, 1.82) is 0 Å². The lowest BCUT2D eigenvalue weighted by atomic mass is 9.94. The van der Waals surface area contributed by atoms with Crippen LogP contribution in [0.15, 0.2) is 0 Å². The molecule has 3 atom stereocenters. The quantitative estimate of drug-likeness (QED) is 0.688. The van der Waals surface area contributed by atoms with Crippen molar-refractivity contribution in [2.75, 3.05) is 26.5 Å². The van der Waals surface area contributed by atoms with Gasteiger partial charge in [0.2, 0.25) is 0 Å². The Morgan fingerprint density at radius 3 is 2.77 bits per heavy atom. The van der Waals surface area contributed by atoms with Crippen molar-refractivity contribution in [3.8, 4) is 0 Å². The zero-order chi connectivity index (χ0) is 9.84. The highest BCUT2D eigenvalue weighted by molar-refractivity contribution is 7.81. The minimum absolute atomic E-state index is 0.430. The van der Waals surface area contributed by atoms with E-state index in [1.807, 2.05) is 0 Å². The van der Waals surface area contributed by atoms with E-state index in [2.05, 4.69) is 11.2 Å². The van der Waals surface area contributed by atoms with Gasteiger partial charge in [0.05, 0.1) is 11.0 Å². The molecule has 0 saturated carbocycles. The summed E-state index contributed by atoms with van der Waals surface area (Å²) >= 11 is 0. The predicted octanol–water partition coefficient (Wildman–Crippen LogP) is 1.03. The summed E-state index contributed by atoms with van der Waals surface area (Å²) in [6.07, 6.45) is 3.97. The summed E-state index contributed by atoms with van der Waals surface area (Å²) in [5.41, 5.74) is 0. The van der Waals surface area contributed by atoms with Crippen LogP contribution < -0.4 is 0 Å². The Labute approximate surface area is 83.0 Å². The van der Waals surface area contributed by atoms with Crippen molar-refractivity contribution >= 4 is 11.0 Å². The van der Waals surface area contributed by atoms with E-state index in [4.69, 9.17) is 4.74 Å². The first-order valence-electron chi connectivity index (χ1n) is 4.74. The van der Waals surface area contributed by atoms with E-state index in [1.165, 1.54) is 0 Å². The molecule has 1 rings (SSSR count). The number of ether oxygens (including phenoxy) is 1. The third-order valence-electron chi connectivity index (χ3n) is 2.66. The Hall–Kier alpha value is 0.0700. The summed E-state index contributed by atoms with van der Waals surface area (Å²) in [7, 11) is 0.937. The van der Waals surface area contributed by atoms with Gasteiger partial charge in [0.15, 0.2) is 0 Å². The molecule has 13 heavy (non-hydrogen) atoms. The average Bonchev–Trinajstić information content (AvgIpc) is 2.04. The molecular weight excluding hydrogens is 186 g/mol. The van der Waals surface area contributed by atoms with E-state index in [0.29, 0.717) is 12.0 Å². The third kappa shape index (κ3) is 3.04. The van der Waals surface area contributed by atoms with Crippen molar-refractivity contribution in [2.45, 2.75) is 25.8 Å². The first-order chi connectivity index (χ1) is 6.15. The number of methoxy groups -OCH3 is 1. The molecule has 1 saturated heterocycles. The molecule has 0 bridgehead atoms. The van der Waals surface area contributed by atoms with Crippen LogP contribution in [0.1, 0.15) is 19.8 Å². The maximum absolute atomic E-state index is 11.3. The van der Waals surface area contributed by atoms with Gasteiger partial charge in [0.25, 0.3) is 0 Å². The van der Waals surface area contributed by atoms with Crippen LogP contribution in [0.2, 0.25) is 0 Å². The van der Waals surface area contributed by atoms with Gasteiger partial charge in [-0.25, -0.2) is 8.51 Å². The second-order valence-electron chi connectivity index (χ2n) is 3.76. The van der Waals surface area contributed by atoms with Gasteiger partial charge in [-0.05, 0) is 25.7 Å². The minimum atomic E-state index is -0.808. The topological polar surface area (TPSA) is 29.5 Å². The molecule has 3 unspecified atom stereocenters. The molecule has 0 radical (unpaired) electrons. The first-order valence-corrected chi connectivity index (χ1v) is 6.25. The van der Waals surface area contributed by atoms with E-state index < -0.39 is 11.0 Å². The maximum Gasteiger partial charge on any atom is 0.0913 e. The smallest absolute Gasteiger partial charge is 0.0913 e. The Balaban J connectivity index is 2.42. The summed E-state index contributed by atoms with van der Waals surface area (Å²) in [4.78, 5) is 0. The zero-order valence-corrected chi connectivity index (χ0v) is 9.47. The lowest BCUT2D eigenvalue weighted by Crippen LogP contribution is -2.42. The Morgan fingerprint density at radius 2 is 2.31 bits per heavy atom. The van der Waals surface area contributed by atoms with E-state index in [0.717, 1.165) is 26.0 Å². The second-order valence-corrected chi connectivity index (χ2v) is 5.08. The highest BCUT2D eigenvalue weighted by Crippen LogP contribution is 2.23. The minimum Gasteiger partial charge on any atom is -0.384 e. The molecule has 3 nitrogen and oxygen atoms in total. The zero-order valence-electron chi connectivity index (χ0n) is 8.66. The van der Waals surface area contributed by atoms with Crippen LogP contribution >= 0.6 is 0 Å². The van der Waals surface area contributed by atoms with Gasteiger partial charge in [-0.2, -0.15) is 0 Å². The van der Waals surface area contributed by atoms with Crippen LogP contribution in [0, 0.1) is 5.92 Å². The van der Waals surface area contributed by atoms with Crippen molar-refractivity contribution in [3.05, 3.63) is 0 Å². The Morgan fingerprint density at radius 1 is 1.62 bits per heavy atom. The molecule has 0 aromatic heterocycles. The fourth-order valence-electron chi connectivity index (χ4n) is 2.02. The molecule has 1 aliphatic rings. The number of rotatable bonds is 3. The lowest BCUT2D eigenvalue weighted by molar-refractivity contribution is 0.105. The van der Waals surface area contributed by atoms with Gasteiger partial charge < -0.3 is 4.74 Å². The van der Waals surface area contributed by atoms with Crippen LogP contribution in [0.5, 0.6) is 0 Å². The van der Waals surface area contributed by atoms with Crippen molar-refractivity contribution in [3.63, 3.8) is 0 Å². The van der Waals surface area contributed by atoms with Crippen LogP contribution in [-0.2, 0) is 15.7 Å². The van der Waals surface area contributed by atoms with Crippen molar-refractivity contribution in [2.24, 2.45) is 5.92 Å². The van der Waals surface area contributed by atoms with Crippen molar-refractivity contribution < 1.29 is 8.95 Å². The van der Waals surface area contributed by atoms with E-state index in [1.54, 1.807) is 13.4 Å². The van der Waals surface area contributed by atoms with Gasteiger partial charge in [-0.1, -0.05) is 0 Å². The molecule has 0 N–H and O–H groups in total. The van der Waals surface area contributed by atoms with Crippen LogP contribution in [0.25, 0.3) is 0 Å². The molecule has 1 fully saturated rings. The molecule has 0 aromatic carbocycles. The highest BCUT2D eigenvalue weighted by Gasteiger charge is 2.26. The normalized spacial score (nSPS) is 33.2. The lowest BCUT2D eigenvalue weighted by Gasteiger charge is -2.35. The number of hydrogen-bond donors (Lipinski definition) is 0. The summed E-state index contributed by atoms with van der Waals surface area (Å²) in [5.74, 6) is 0.653. The molecule has 0 spiro atoms. The Bertz CT molecular complexity index is 186. The molecule has 0 aliphatic carbocycles. The fourth-order valence-corrected chi connectivity index (χ4v) is 2.97. The molecule has 0 aromatic rings. The largest absolute Gasteiger partial charge is 0.384 e. The fraction of sp³-hybridized carbons (Fsp3) is 1.00. The monoisotopic (exact) mass is 205 g/mol. The summed E-state index contributed by atoms with van der Waals surface area (Å²) in [6.45, 7) is 3.93. The molecule has 0 amide bonds. The van der Waals surface area contributed by atoms with Gasteiger partial charge in [-0.3, -0.25) is 0 Å². The second kappa shape index (κ2) is 5.08. The number of hydrogen-bond acceptors (Lipinski definition) is 2. The summed E-state index contributed by atoms with van der Waals surface area (Å²) in [6, 6.07) is 0.430. The van der Waals surface area contributed by atoms with Gasteiger partial charge in [-0.15, -0.1) is 0 Å². The van der Waals surface area contributed by atoms with Crippen LogP contribution in [0.4, 0.5) is 0 Å². The number of nitrogens with zero attached hydrogens (tertiary/aromatic N) is 1. The molecule has 78 valence electrons. The third-order valence-corrected chi connectivity index (χ3v) is 3.86. The van der Waals surface area contributed by atoms with Gasteiger partial charge >= 0.3 is 0 Å². The summed E-state index contributed by atoms with van der Waals surface area (Å²) < 4.78 is 18.5. The predicted molar refractivity (Wildman–Crippen MR) is 54.8 cm³/mol. The first kappa shape index (κ1) is 11.1. The van der Waals surface area contributed by atoms with E-state index in [-0.39, 0.29) is 0 Å². The number of piperidine rings is 1.